The number of likely N-dealkylation sites (N-methyl/N-ethyl adjacent to an activating group) is 1. The first-order valence-corrected chi connectivity index (χ1v) is 3.21. The van der Waals surface area contributed by atoms with Crippen LogP contribution in [0.3, 0.4) is 0 Å². The number of nitrogens with one attached hydrogen (secondary N) is 1. The zero-order chi connectivity index (χ0) is 7.44. The quantitative estimate of drug-likeness (QED) is 0.587. The molecule has 0 aliphatic carbocycles. The maximum absolute atomic E-state index is 5.71. The Morgan fingerprint density at radius 3 is 2.11 bits per heavy atom. The Morgan fingerprint density at radius 1 is 1.56 bits per heavy atom. The lowest BCUT2D eigenvalue weighted by Gasteiger charge is -2.17. The fourth-order valence-electron chi connectivity index (χ4n) is 0.569. The van der Waals surface area contributed by atoms with E-state index in [1.165, 1.54) is 0 Å². The van der Waals surface area contributed by atoms with Crippen molar-refractivity contribution in [2.45, 2.75) is 19.9 Å². The average Bonchev–Trinajstić information content (AvgIpc) is 1.84. The van der Waals surface area contributed by atoms with Crippen LogP contribution in [0.2, 0.25) is 0 Å². The highest BCUT2D eigenvalue weighted by Crippen LogP contribution is 2.03. The molecule has 0 saturated carbocycles. The van der Waals surface area contributed by atoms with E-state index in [2.05, 4.69) is 25.7 Å². The second-order valence-corrected chi connectivity index (χ2v) is 2.55. The molecule has 0 radical (unpaired) electrons. The Labute approximate surface area is 57.1 Å². The predicted molar refractivity (Wildman–Crippen MR) is 41.0 cm³/mol. The summed E-state index contributed by atoms with van der Waals surface area (Å²) in [4.78, 5) is 0. The fraction of sp³-hybridized carbons (Fsp3) is 0.714. The first-order valence-electron chi connectivity index (χ1n) is 3.21. The second-order valence-electron chi connectivity index (χ2n) is 2.55. The number of hydrogen-bond acceptors (Lipinski definition) is 2. The van der Waals surface area contributed by atoms with E-state index in [1.807, 2.05) is 7.05 Å². The minimum Gasteiger partial charge on any atom is -0.391 e. The standard InChI is InChI=1S/C7H16N2/c1-5(2)7(8)6(3)9-4/h5,7,9H,3,8H2,1-2,4H3. The van der Waals surface area contributed by atoms with Gasteiger partial charge in [0.2, 0.25) is 0 Å². The van der Waals surface area contributed by atoms with Crippen LogP contribution in [0.4, 0.5) is 0 Å². The van der Waals surface area contributed by atoms with E-state index in [4.69, 9.17) is 5.73 Å². The maximum Gasteiger partial charge on any atom is 0.0461 e. The van der Waals surface area contributed by atoms with E-state index in [1.54, 1.807) is 0 Å². The molecule has 2 nitrogen and oxygen atoms in total. The van der Waals surface area contributed by atoms with Gasteiger partial charge in [-0.25, -0.2) is 0 Å². The van der Waals surface area contributed by atoms with Crippen molar-refractivity contribution in [3.05, 3.63) is 12.3 Å². The topological polar surface area (TPSA) is 38.0 Å². The third-order valence-electron chi connectivity index (χ3n) is 1.44. The van der Waals surface area contributed by atoms with Crippen molar-refractivity contribution in [3.8, 4) is 0 Å². The normalized spacial score (nSPS) is 13.4. The van der Waals surface area contributed by atoms with E-state index in [0.717, 1.165) is 5.70 Å². The summed E-state index contributed by atoms with van der Waals surface area (Å²) >= 11 is 0. The SMILES string of the molecule is C=C(NC)C(N)C(C)C. The lowest BCUT2D eigenvalue weighted by atomic mass is 10.0. The summed E-state index contributed by atoms with van der Waals surface area (Å²) < 4.78 is 0. The molecular formula is C7H16N2. The van der Waals surface area contributed by atoms with E-state index >= 15 is 0 Å². The molecule has 0 aromatic carbocycles. The van der Waals surface area contributed by atoms with Gasteiger partial charge in [-0.15, -0.1) is 0 Å². The highest BCUT2D eigenvalue weighted by atomic mass is 14.9. The zero-order valence-corrected chi connectivity index (χ0v) is 6.44. The molecule has 54 valence electrons. The maximum atomic E-state index is 5.71. The molecule has 0 fully saturated rings. The van der Waals surface area contributed by atoms with Crippen molar-refractivity contribution < 1.29 is 0 Å². The van der Waals surface area contributed by atoms with E-state index < -0.39 is 0 Å². The molecule has 1 atom stereocenters. The Hall–Kier alpha value is -0.500. The molecule has 0 heterocycles. The summed E-state index contributed by atoms with van der Waals surface area (Å²) in [6.07, 6.45) is 0. The van der Waals surface area contributed by atoms with Crippen LogP contribution in [0.5, 0.6) is 0 Å². The summed E-state index contributed by atoms with van der Waals surface area (Å²) in [5.74, 6) is 0.463. The molecule has 0 aliphatic heterocycles. The number of nitrogens with two attached hydrogens (primary N) is 1. The lowest BCUT2D eigenvalue weighted by Crippen LogP contribution is -2.33. The van der Waals surface area contributed by atoms with Crippen LogP contribution in [0.15, 0.2) is 12.3 Å². The molecule has 0 bridgehead atoms. The van der Waals surface area contributed by atoms with E-state index in [0.29, 0.717) is 5.92 Å². The largest absolute Gasteiger partial charge is 0.391 e. The van der Waals surface area contributed by atoms with Gasteiger partial charge in [-0.1, -0.05) is 20.4 Å². The zero-order valence-electron chi connectivity index (χ0n) is 6.44. The summed E-state index contributed by atoms with van der Waals surface area (Å²) in [6, 6.07) is 0.0787. The summed E-state index contributed by atoms with van der Waals surface area (Å²) in [6.45, 7) is 7.91. The molecule has 3 N–H and O–H groups in total. The van der Waals surface area contributed by atoms with Gasteiger partial charge in [-0.05, 0) is 5.92 Å². The van der Waals surface area contributed by atoms with Gasteiger partial charge >= 0.3 is 0 Å². The third-order valence-corrected chi connectivity index (χ3v) is 1.44. The van der Waals surface area contributed by atoms with Gasteiger partial charge in [0.05, 0.1) is 0 Å². The minimum atomic E-state index is 0.0787. The van der Waals surface area contributed by atoms with Crippen LogP contribution in [-0.4, -0.2) is 13.1 Å². The molecule has 0 aliphatic rings. The number of rotatable bonds is 3. The summed E-state index contributed by atoms with van der Waals surface area (Å²) in [5.41, 5.74) is 6.62. The van der Waals surface area contributed by atoms with Crippen LogP contribution >= 0.6 is 0 Å². The van der Waals surface area contributed by atoms with Crippen LogP contribution in [-0.2, 0) is 0 Å². The minimum absolute atomic E-state index is 0.0787. The highest BCUT2D eigenvalue weighted by molar-refractivity contribution is 5.01. The second kappa shape index (κ2) is 3.51. The Kier molecular flexibility index (Phi) is 3.32. The van der Waals surface area contributed by atoms with Crippen molar-refractivity contribution in [2.24, 2.45) is 11.7 Å². The van der Waals surface area contributed by atoms with Crippen molar-refractivity contribution in [1.82, 2.24) is 5.32 Å². The predicted octanol–water partition coefficient (Wildman–Crippen LogP) is 0.703. The average molecular weight is 128 g/mol. The van der Waals surface area contributed by atoms with Crippen LogP contribution < -0.4 is 11.1 Å². The van der Waals surface area contributed by atoms with Gasteiger partial charge in [0, 0.05) is 18.8 Å². The Morgan fingerprint density at radius 2 is 2.00 bits per heavy atom. The smallest absolute Gasteiger partial charge is 0.0461 e. The Balaban J connectivity index is 3.72. The first kappa shape index (κ1) is 8.50. The molecule has 0 rings (SSSR count). The van der Waals surface area contributed by atoms with Gasteiger partial charge in [0.25, 0.3) is 0 Å². The molecule has 1 unspecified atom stereocenters. The highest BCUT2D eigenvalue weighted by Gasteiger charge is 2.08. The molecule has 0 aromatic heterocycles. The fourth-order valence-corrected chi connectivity index (χ4v) is 0.569. The lowest BCUT2D eigenvalue weighted by molar-refractivity contribution is 0.529. The van der Waals surface area contributed by atoms with Crippen LogP contribution in [0, 0.1) is 5.92 Å². The molecule has 0 amide bonds. The van der Waals surface area contributed by atoms with Gasteiger partial charge in [0.1, 0.15) is 0 Å². The van der Waals surface area contributed by atoms with E-state index in [9.17, 15) is 0 Å². The molecular weight excluding hydrogens is 112 g/mol. The van der Waals surface area contributed by atoms with Gasteiger partial charge in [-0.2, -0.15) is 0 Å². The van der Waals surface area contributed by atoms with Crippen molar-refractivity contribution in [2.75, 3.05) is 7.05 Å². The number of hydrogen-bond donors (Lipinski definition) is 2. The first-order chi connectivity index (χ1) is 4.09. The van der Waals surface area contributed by atoms with Crippen LogP contribution in [0.25, 0.3) is 0 Å². The molecule has 0 saturated heterocycles. The van der Waals surface area contributed by atoms with Crippen LogP contribution in [0.1, 0.15) is 13.8 Å². The van der Waals surface area contributed by atoms with Crippen molar-refractivity contribution >= 4 is 0 Å². The van der Waals surface area contributed by atoms with E-state index in [-0.39, 0.29) is 6.04 Å². The molecule has 2 heteroatoms. The van der Waals surface area contributed by atoms with Crippen molar-refractivity contribution in [3.63, 3.8) is 0 Å². The third kappa shape index (κ3) is 2.51. The monoisotopic (exact) mass is 128 g/mol. The molecule has 0 aromatic rings. The van der Waals surface area contributed by atoms with Gasteiger partial charge in [0.15, 0.2) is 0 Å². The molecule has 9 heavy (non-hydrogen) atoms. The van der Waals surface area contributed by atoms with Gasteiger partial charge in [-0.3, -0.25) is 0 Å². The van der Waals surface area contributed by atoms with Crippen molar-refractivity contribution in [1.29, 1.82) is 0 Å². The molecule has 0 spiro atoms. The summed E-state index contributed by atoms with van der Waals surface area (Å²) in [7, 11) is 1.84. The van der Waals surface area contributed by atoms with Gasteiger partial charge < -0.3 is 11.1 Å². The summed E-state index contributed by atoms with van der Waals surface area (Å²) in [5, 5.41) is 2.93. The Bertz CT molecular complexity index is 97.1.